The van der Waals surface area contributed by atoms with E-state index in [2.05, 4.69) is 34.4 Å². The van der Waals surface area contributed by atoms with Crippen LogP contribution in [0.15, 0.2) is 29.3 Å². The van der Waals surface area contributed by atoms with E-state index in [9.17, 15) is 0 Å². The number of nitrogens with zero attached hydrogens (tertiary/aromatic N) is 2. The van der Waals surface area contributed by atoms with Gasteiger partial charge in [-0.15, -0.1) is 24.0 Å². The van der Waals surface area contributed by atoms with Gasteiger partial charge in [-0.1, -0.05) is 37.6 Å². The van der Waals surface area contributed by atoms with E-state index in [-0.39, 0.29) is 30.1 Å². The highest BCUT2D eigenvalue weighted by atomic mass is 127. The van der Waals surface area contributed by atoms with Crippen LogP contribution >= 0.6 is 35.6 Å². The van der Waals surface area contributed by atoms with Crippen LogP contribution < -0.4 is 10.6 Å². The number of benzene rings is 1. The molecule has 0 radical (unpaired) electrons. The van der Waals surface area contributed by atoms with Gasteiger partial charge in [-0.2, -0.15) is 0 Å². The zero-order chi connectivity index (χ0) is 17.4. The summed E-state index contributed by atoms with van der Waals surface area (Å²) in [5, 5.41) is 7.42. The highest BCUT2D eigenvalue weighted by Crippen LogP contribution is 2.09. The lowest BCUT2D eigenvalue weighted by molar-refractivity contribution is -0.0284. The normalized spacial score (nSPS) is 18.8. The molecule has 7 heteroatoms. The first-order valence-corrected chi connectivity index (χ1v) is 8.97. The quantitative estimate of drug-likeness (QED) is 0.373. The van der Waals surface area contributed by atoms with E-state index >= 15 is 0 Å². The van der Waals surface area contributed by atoms with E-state index in [1.807, 2.05) is 24.3 Å². The van der Waals surface area contributed by atoms with Gasteiger partial charge in [0, 0.05) is 44.8 Å². The second-order valence-electron chi connectivity index (χ2n) is 6.58. The van der Waals surface area contributed by atoms with E-state index in [4.69, 9.17) is 16.3 Å². The van der Waals surface area contributed by atoms with Crippen LogP contribution in [-0.4, -0.2) is 56.8 Å². The first-order valence-electron chi connectivity index (χ1n) is 8.59. The third-order valence-corrected chi connectivity index (χ3v) is 4.19. The minimum absolute atomic E-state index is 0. The SMILES string of the molecule is CN=C(NCc1ccc(Cl)cc1)NCC1CN(CC(C)C)CCO1.I. The van der Waals surface area contributed by atoms with E-state index in [0.717, 1.165) is 43.8 Å². The summed E-state index contributed by atoms with van der Waals surface area (Å²) in [7, 11) is 1.78. The number of halogens is 2. The molecule has 1 aliphatic heterocycles. The number of morpholine rings is 1. The topological polar surface area (TPSA) is 48.9 Å². The van der Waals surface area contributed by atoms with E-state index in [1.54, 1.807) is 7.05 Å². The summed E-state index contributed by atoms with van der Waals surface area (Å²) >= 11 is 5.91. The Morgan fingerprint density at radius 2 is 2.04 bits per heavy atom. The Morgan fingerprint density at radius 3 is 2.68 bits per heavy atom. The van der Waals surface area contributed by atoms with Gasteiger partial charge in [0.2, 0.25) is 0 Å². The fourth-order valence-corrected chi connectivity index (χ4v) is 2.93. The third kappa shape index (κ3) is 8.57. The fourth-order valence-electron chi connectivity index (χ4n) is 2.81. The number of ether oxygens (including phenoxy) is 1. The molecule has 0 aromatic heterocycles. The van der Waals surface area contributed by atoms with Gasteiger partial charge in [-0.3, -0.25) is 9.89 Å². The van der Waals surface area contributed by atoms with Crippen molar-refractivity contribution in [3.8, 4) is 0 Å². The minimum atomic E-state index is 0. The number of rotatable bonds is 6. The van der Waals surface area contributed by atoms with Crippen molar-refractivity contribution < 1.29 is 4.74 Å². The Hall–Kier alpha value is -0.570. The molecule has 1 heterocycles. The molecule has 25 heavy (non-hydrogen) atoms. The minimum Gasteiger partial charge on any atom is -0.374 e. The second kappa shape index (κ2) is 11.9. The van der Waals surface area contributed by atoms with Crippen molar-refractivity contribution in [3.05, 3.63) is 34.9 Å². The molecule has 0 aliphatic carbocycles. The number of guanidine groups is 1. The third-order valence-electron chi connectivity index (χ3n) is 3.94. The van der Waals surface area contributed by atoms with Gasteiger partial charge in [0.15, 0.2) is 5.96 Å². The molecule has 1 saturated heterocycles. The maximum absolute atomic E-state index is 5.91. The van der Waals surface area contributed by atoms with Gasteiger partial charge < -0.3 is 15.4 Å². The maximum Gasteiger partial charge on any atom is 0.191 e. The van der Waals surface area contributed by atoms with Crippen LogP contribution in [0.1, 0.15) is 19.4 Å². The molecule has 1 unspecified atom stereocenters. The molecule has 142 valence electrons. The number of nitrogens with one attached hydrogen (secondary N) is 2. The van der Waals surface area contributed by atoms with E-state index in [0.29, 0.717) is 12.5 Å². The molecule has 5 nitrogen and oxygen atoms in total. The molecule has 1 aromatic rings. The van der Waals surface area contributed by atoms with Gasteiger partial charge in [0.25, 0.3) is 0 Å². The molecular weight excluding hydrogens is 451 g/mol. The summed E-state index contributed by atoms with van der Waals surface area (Å²) in [5.41, 5.74) is 1.17. The number of hydrogen-bond acceptors (Lipinski definition) is 3. The van der Waals surface area contributed by atoms with Crippen LogP contribution in [0.25, 0.3) is 0 Å². The largest absolute Gasteiger partial charge is 0.374 e. The summed E-state index contributed by atoms with van der Waals surface area (Å²) in [6.45, 7) is 9.91. The predicted molar refractivity (Wildman–Crippen MR) is 116 cm³/mol. The van der Waals surface area contributed by atoms with Crippen molar-refractivity contribution in [2.24, 2.45) is 10.9 Å². The molecule has 1 atom stereocenters. The monoisotopic (exact) mass is 480 g/mol. The van der Waals surface area contributed by atoms with Crippen LogP contribution in [0, 0.1) is 5.92 Å². The van der Waals surface area contributed by atoms with Crippen LogP contribution in [0.2, 0.25) is 5.02 Å². The fraction of sp³-hybridized carbons (Fsp3) is 0.611. The van der Waals surface area contributed by atoms with Gasteiger partial charge in [-0.25, -0.2) is 0 Å². The van der Waals surface area contributed by atoms with E-state index in [1.165, 1.54) is 5.56 Å². The van der Waals surface area contributed by atoms with Crippen molar-refractivity contribution >= 4 is 41.5 Å². The molecule has 1 fully saturated rings. The average Bonchev–Trinajstić information content (AvgIpc) is 2.56. The summed E-state index contributed by atoms with van der Waals surface area (Å²) in [6.07, 6.45) is 0.201. The zero-order valence-electron chi connectivity index (χ0n) is 15.3. The Bertz CT molecular complexity index is 524. The van der Waals surface area contributed by atoms with Crippen molar-refractivity contribution in [2.75, 3.05) is 39.8 Å². The number of hydrogen-bond donors (Lipinski definition) is 2. The first kappa shape index (κ1) is 22.5. The van der Waals surface area contributed by atoms with Gasteiger partial charge in [0.1, 0.15) is 0 Å². The summed E-state index contributed by atoms with van der Waals surface area (Å²) in [5.74, 6) is 1.47. The maximum atomic E-state index is 5.91. The molecule has 0 spiro atoms. The van der Waals surface area contributed by atoms with Crippen LogP contribution in [-0.2, 0) is 11.3 Å². The lowest BCUT2D eigenvalue weighted by Gasteiger charge is -2.34. The first-order chi connectivity index (χ1) is 11.6. The molecule has 1 aromatic carbocycles. The van der Waals surface area contributed by atoms with Gasteiger partial charge in [0.05, 0.1) is 12.7 Å². The Labute approximate surface area is 173 Å². The Balaban J connectivity index is 0.00000312. The standard InChI is InChI=1S/C18H29ClN4O.HI/c1-14(2)12-23-8-9-24-17(13-23)11-22-18(20-3)21-10-15-4-6-16(19)7-5-15;/h4-7,14,17H,8-13H2,1-3H3,(H2,20,21,22);1H. The summed E-state index contributed by atoms with van der Waals surface area (Å²) in [4.78, 5) is 6.75. The smallest absolute Gasteiger partial charge is 0.191 e. The van der Waals surface area contributed by atoms with Crippen molar-refractivity contribution in [1.82, 2.24) is 15.5 Å². The molecule has 2 N–H and O–H groups in total. The molecule has 2 rings (SSSR count). The molecule has 0 saturated carbocycles. The predicted octanol–water partition coefficient (Wildman–Crippen LogP) is 2.98. The lowest BCUT2D eigenvalue weighted by Crippen LogP contribution is -2.50. The Morgan fingerprint density at radius 1 is 1.32 bits per heavy atom. The van der Waals surface area contributed by atoms with Crippen molar-refractivity contribution in [2.45, 2.75) is 26.5 Å². The lowest BCUT2D eigenvalue weighted by atomic mass is 10.2. The van der Waals surface area contributed by atoms with Crippen LogP contribution in [0.3, 0.4) is 0 Å². The molecule has 0 amide bonds. The highest BCUT2D eigenvalue weighted by Gasteiger charge is 2.20. The average molecular weight is 481 g/mol. The zero-order valence-corrected chi connectivity index (χ0v) is 18.4. The van der Waals surface area contributed by atoms with Gasteiger partial charge >= 0.3 is 0 Å². The molecular formula is C18H30ClIN4O. The Kier molecular flexibility index (Phi) is 10.7. The number of aliphatic imine (C=N–C) groups is 1. The van der Waals surface area contributed by atoms with Gasteiger partial charge in [-0.05, 0) is 23.6 Å². The summed E-state index contributed by atoms with van der Waals surface area (Å²) in [6, 6.07) is 7.81. The van der Waals surface area contributed by atoms with Crippen molar-refractivity contribution in [1.29, 1.82) is 0 Å². The molecule has 1 aliphatic rings. The highest BCUT2D eigenvalue weighted by molar-refractivity contribution is 14.0. The van der Waals surface area contributed by atoms with Crippen LogP contribution in [0.5, 0.6) is 0 Å². The van der Waals surface area contributed by atoms with Crippen LogP contribution in [0.4, 0.5) is 0 Å². The van der Waals surface area contributed by atoms with Crippen molar-refractivity contribution in [3.63, 3.8) is 0 Å². The second-order valence-corrected chi connectivity index (χ2v) is 7.02. The van der Waals surface area contributed by atoms with E-state index < -0.39 is 0 Å². The molecule has 0 bridgehead atoms. The summed E-state index contributed by atoms with van der Waals surface area (Å²) < 4.78 is 5.86.